The number of hydrogen-bond donors (Lipinski definition) is 1. The van der Waals surface area contributed by atoms with Crippen molar-refractivity contribution >= 4 is 40.3 Å². The zero-order valence-corrected chi connectivity index (χ0v) is 21.0. The molecule has 1 fully saturated rings. The molecule has 0 saturated carbocycles. The van der Waals surface area contributed by atoms with Crippen LogP contribution in [0.1, 0.15) is 49.5 Å². The summed E-state index contributed by atoms with van der Waals surface area (Å²) in [5.41, 5.74) is 2.46. The van der Waals surface area contributed by atoms with Crippen molar-refractivity contribution in [3.05, 3.63) is 65.9 Å². The first-order chi connectivity index (χ1) is 17.1. The van der Waals surface area contributed by atoms with Gasteiger partial charge < -0.3 is 14.6 Å². The second kappa shape index (κ2) is 9.97. The van der Waals surface area contributed by atoms with Crippen LogP contribution < -0.4 is 4.90 Å². The van der Waals surface area contributed by atoms with E-state index in [0.29, 0.717) is 24.2 Å². The van der Waals surface area contributed by atoms with Crippen molar-refractivity contribution in [1.29, 1.82) is 0 Å². The van der Waals surface area contributed by atoms with Gasteiger partial charge in [0, 0.05) is 30.1 Å². The Bertz CT molecular complexity index is 1300. The minimum Gasteiger partial charge on any atom is -0.465 e. The Hall–Kier alpha value is -3.94. The molecule has 0 bridgehead atoms. The fraction of sp³-hybridized carbons (Fsp3) is 0.357. The largest absolute Gasteiger partial charge is 0.465 e. The number of anilines is 1. The fourth-order valence-corrected chi connectivity index (χ4v) is 4.58. The van der Waals surface area contributed by atoms with Crippen LogP contribution in [0.5, 0.6) is 0 Å². The second-order valence-corrected chi connectivity index (χ2v) is 10.3. The first-order valence-electron chi connectivity index (χ1n) is 12.0. The molecule has 2 aromatic carbocycles. The minimum atomic E-state index is -0.877. The summed E-state index contributed by atoms with van der Waals surface area (Å²) in [5.74, 6) is -1.48. The molecule has 1 aliphatic rings. The molecular formula is C28H31N3O5. The Morgan fingerprint density at radius 2 is 1.78 bits per heavy atom. The van der Waals surface area contributed by atoms with Crippen LogP contribution in [0, 0.1) is 5.41 Å². The van der Waals surface area contributed by atoms with Crippen LogP contribution in [0.4, 0.5) is 5.69 Å². The van der Waals surface area contributed by atoms with Gasteiger partial charge in [0.25, 0.3) is 5.91 Å². The number of imide groups is 1. The van der Waals surface area contributed by atoms with Gasteiger partial charge in [-0.15, -0.1) is 0 Å². The van der Waals surface area contributed by atoms with Crippen LogP contribution >= 0.6 is 0 Å². The van der Waals surface area contributed by atoms with Crippen molar-refractivity contribution in [1.82, 2.24) is 9.88 Å². The van der Waals surface area contributed by atoms with Gasteiger partial charge in [0.15, 0.2) is 0 Å². The van der Waals surface area contributed by atoms with Gasteiger partial charge in [0.1, 0.15) is 6.04 Å². The first kappa shape index (κ1) is 25.2. The molecule has 2 heterocycles. The molecule has 8 nitrogen and oxygen atoms in total. The number of aromatic nitrogens is 1. The number of para-hydroxylation sites is 1. The highest BCUT2D eigenvalue weighted by Crippen LogP contribution is 2.29. The average molecular weight is 490 g/mol. The Labute approximate surface area is 210 Å². The Balaban J connectivity index is 1.58. The van der Waals surface area contributed by atoms with Gasteiger partial charge in [-0.2, -0.15) is 0 Å². The van der Waals surface area contributed by atoms with Gasteiger partial charge in [-0.3, -0.25) is 14.4 Å². The molecule has 1 unspecified atom stereocenters. The monoisotopic (exact) mass is 489 g/mol. The predicted octanol–water partition coefficient (Wildman–Crippen LogP) is 4.09. The van der Waals surface area contributed by atoms with Crippen LogP contribution in [0.15, 0.2) is 54.7 Å². The number of rotatable bonds is 7. The normalized spacial score (nSPS) is 16.0. The van der Waals surface area contributed by atoms with Crippen LogP contribution in [0.2, 0.25) is 0 Å². The fourth-order valence-electron chi connectivity index (χ4n) is 4.58. The average Bonchev–Trinajstić information content (AvgIpc) is 3.38. The third kappa shape index (κ3) is 5.17. The van der Waals surface area contributed by atoms with Crippen LogP contribution in [-0.4, -0.2) is 53.3 Å². The number of nitrogens with zero attached hydrogens (tertiary/aromatic N) is 2. The Morgan fingerprint density at radius 1 is 1.08 bits per heavy atom. The van der Waals surface area contributed by atoms with Crippen molar-refractivity contribution < 1.29 is 23.9 Å². The minimum absolute atomic E-state index is 0.0820. The van der Waals surface area contributed by atoms with Gasteiger partial charge in [0.2, 0.25) is 11.8 Å². The number of nitrogens with one attached hydrogen (secondary N) is 1. The Kier molecular flexibility index (Phi) is 6.97. The molecule has 1 saturated heterocycles. The number of esters is 1. The van der Waals surface area contributed by atoms with E-state index in [1.165, 1.54) is 31.4 Å². The van der Waals surface area contributed by atoms with Gasteiger partial charge in [-0.1, -0.05) is 39.0 Å². The molecule has 4 rings (SSSR count). The third-order valence-corrected chi connectivity index (χ3v) is 6.34. The molecule has 3 amide bonds. The van der Waals surface area contributed by atoms with Crippen molar-refractivity contribution in [2.75, 3.05) is 18.6 Å². The summed E-state index contributed by atoms with van der Waals surface area (Å²) in [4.78, 5) is 57.5. The van der Waals surface area contributed by atoms with E-state index >= 15 is 0 Å². The number of aromatic amines is 1. The van der Waals surface area contributed by atoms with Crippen molar-refractivity contribution in [2.45, 2.75) is 46.1 Å². The van der Waals surface area contributed by atoms with Gasteiger partial charge in [-0.05, 0) is 47.7 Å². The van der Waals surface area contributed by atoms with Gasteiger partial charge in [0.05, 0.1) is 24.8 Å². The van der Waals surface area contributed by atoms with Crippen molar-refractivity contribution in [3.63, 3.8) is 0 Å². The number of fused-ring (bicyclic) bond motifs is 1. The molecule has 8 heteroatoms. The lowest BCUT2D eigenvalue weighted by molar-refractivity contribution is -0.139. The second-order valence-electron chi connectivity index (χ2n) is 10.3. The number of ether oxygens (including phenoxy) is 1. The highest BCUT2D eigenvalue weighted by atomic mass is 16.5. The van der Waals surface area contributed by atoms with Crippen LogP contribution in [0.3, 0.4) is 0 Å². The van der Waals surface area contributed by atoms with E-state index in [1.807, 2.05) is 51.2 Å². The number of benzene rings is 2. The molecule has 36 heavy (non-hydrogen) atoms. The molecule has 3 aromatic rings. The molecule has 1 atom stereocenters. The summed E-state index contributed by atoms with van der Waals surface area (Å²) in [7, 11) is 1.29. The third-order valence-electron chi connectivity index (χ3n) is 6.34. The molecule has 0 spiro atoms. The van der Waals surface area contributed by atoms with Crippen LogP contribution in [-0.2, 0) is 25.5 Å². The number of H-pyrrole nitrogens is 1. The first-order valence-corrected chi connectivity index (χ1v) is 12.0. The quantitative estimate of drug-likeness (QED) is 0.398. The zero-order chi connectivity index (χ0) is 26.0. The lowest BCUT2D eigenvalue weighted by Crippen LogP contribution is -2.47. The molecule has 188 valence electrons. The van der Waals surface area contributed by atoms with E-state index in [0.717, 1.165) is 21.4 Å². The summed E-state index contributed by atoms with van der Waals surface area (Å²) in [5, 5.41) is 1.07. The molecule has 1 aliphatic heterocycles. The predicted molar refractivity (Wildman–Crippen MR) is 136 cm³/mol. The number of hydrogen-bond acceptors (Lipinski definition) is 5. The summed E-state index contributed by atoms with van der Waals surface area (Å²) in [6.07, 6.45) is 2.65. The van der Waals surface area contributed by atoms with E-state index in [9.17, 15) is 19.2 Å². The zero-order valence-electron chi connectivity index (χ0n) is 21.0. The number of methoxy groups -OCH3 is 1. The molecule has 1 aromatic heterocycles. The number of carbonyl (C=O) groups is 4. The van der Waals surface area contributed by atoms with E-state index in [1.54, 1.807) is 4.90 Å². The summed E-state index contributed by atoms with van der Waals surface area (Å²) in [6, 6.07) is 13.1. The maximum atomic E-state index is 13.5. The lowest BCUT2D eigenvalue weighted by atomic mass is 9.91. The van der Waals surface area contributed by atoms with Crippen molar-refractivity contribution in [3.8, 4) is 0 Å². The van der Waals surface area contributed by atoms with E-state index in [4.69, 9.17) is 4.74 Å². The van der Waals surface area contributed by atoms with E-state index in [2.05, 4.69) is 4.98 Å². The van der Waals surface area contributed by atoms with Gasteiger partial charge in [-0.25, -0.2) is 9.69 Å². The SMILES string of the molecule is COC(=O)c1ccc(N2C(=O)CC(N(CCc3c[nH]c4ccccc34)C(=O)CC(C)(C)C)C2=O)cc1. The smallest absolute Gasteiger partial charge is 0.337 e. The Morgan fingerprint density at radius 3 is 2.44 bits per heavy atom. The van der Waals surface area contributed by atoms with E-state index < -0.39 is 17.9 Å². The standard InChI is InChI=1S/C28H31N3O5/c1-28(2,3)16-25(33)30(14-13-19-17-29-22-8-6-5-7-21(19)22)23-15-24(32)31(26(23)34)20-11-9-18(10-12-20)27(35)36-4/h5-12,17,23,29H,13-16H2,1-4H3. The van der Waals surface area contributed by atoms with Crippen molar-refractivity contribution in [2.24, 2.45) is 5.41 Å². The number of carbonyl (C=O) groups excluding carboxylic acids is 4. The maximum absolute atomic E-state index is 13.5. The summed E-state index contributed by atoms with van der Waals surface area (Å²) >= 11 is 0. The van der Waals surface area contributed by atoms with Crippen LogP contribution in [0.25, 0.3) is 10.9 Å². The highest BCUT2D eigenvalue weighted by molar-refractivity contribution is 6.23. The molecule has 0 aliphatic carbocycles. The number of amides is 3. The highest BCUT2D eigenvalue weighted by Gasteiger charge is 2.44. The summed E-state index contributed by atoms with van der Waals surface area (Å²) < 4.78 is 4.71. The summed E-state index contributed by atoms with van der Waals surface area (Å²) in [6.45, 7) is 6.23. The molecule has 0 radical (unpaired) electrons. The van der Waals surface area contributed by atoms with Gasteiger partial charge >= 0.3 is 5.97 Å². The topological polar surface area (TPSA) is 99.8 Å². The molecule has 1 N–H and O–H groups in total. The molecular weight excluding hydrogens is 458 g/mol. The maximum Gasteiger partial charge on any atom is 0.337 e. The lowest BCUT2D eigenvalue weighted by Gasteiger charge is -2.30. The van der Waals surface area contributed by atoms with E-state index in [-0.39, 0.29) is 30.1 Å².